The quantitative estimate of drug-likeness (QED) is 0.148. The summed E-state index contributed by atoms with van der Waals surface area (Å²) < 4.78 is 3.59. The summed E-state index contributed by atoms with van der Waals surface area (Å²) in [6.07, 6.45) is 1.73. The molecule has 0 fully saturated rings. The highest BCUT2D eigenvalue weighted by Gasteiger charge is 2.24. The van der Waals surface area contributed by atoms with Crippen molar-refractivity contribution in [1.29, 1.82) is 0 Å². The van der Waals surface area contributed by atoms with Crippen LogP contribution >= 0.6 is 12.2 Å². The molecule has 182 valence electrons. The molecule has 1 atom stereocenters. The highest BCUT2D eigenvalue weighted by molar-refractivity contribution is 7.71. The first-order valence-corrected chi connectivity index (χ1v) is 12.2. The van der Waals surface area contributed by atoms with Gasteiger partial charge in [-0.15, -0.1) is 5.10 Å². The lowest BCUT2D eigenvalue weighted by Crippen LogP contribution is -2.17. The number of phenols is 1. The van der Waals surface area contributed by atoms with Gasteiger partial charge in [-0.2, -0.15) is 9.78 Å². The smallest absolute Gasteiger partial charge is 0.220 e. The molecule has 0 aliphatic carbocycles. The first kappa shape index (κ1) is 24.1. The van der Waals surface area contributed by atoms with Crippen LogP contribution in [0.1, 0.15) is 33.9 Å². The molecular formula is C30H24N4O2S. The lowest BCUT2D eigenvalue weighted by atomic mass is 9.98. The van der Waals surface area contributed by atoms with Gasteiger partial charge in [0, 0.05) is 23.1 Å². The molecule has 0 aliphatic heterocycles. The van der Waals surface area contributed by atoms with Crippen molar-refractivity contribution in [3.63, 3.8) is 0 Å². The fraction of sp³-hybridized carbons (Fsp3) is 0.0667. The third kappa shape index (κ3) is 5.32. The number of Topliss-reactive ketones (excluding diaryl/α,β-unsaturated/α-hetero) is 1. The van der Waals surface area contributed by atoms with Crippen molar-refractivity contribution in [3.05, 3.63) is 137 Å². The Bertz CT molecular complexity index is 1590. The maximum atomic E-state index is 13.3. The minimum Gasteiger partial charge on any atom is -0.507 e. The number of rotatable bonds is 8. The fourth-order valence-electron chi connectivity index (χ4n) is 4.10. The largest absolute Gasteiger partial charge is 0.507 e. The zero-order valence-corrected chi connectivity index (χ0v) is 20.7. The van der Waals surface area contributed by atoms with Crippen molar-refractivity contribution in [1.82, 2.24) is 14.5 Å². The van der Waals surface area contributed by atoms with E-state index in [4.69, 9.17) is 17.3 Å². The number of hydrogen-bond donors (Lipinski definition) is 1. The van der Waals surface area contributed by atoms with Gasteiger partial charge in [0.2, 0.25) is 4.77 Å². The minimum absolute atomic E-state index is 0.00938. The van der Waals surface area contributed by atoms with Gasteiger partial charge in [-0.25, -0.2) is 4.68 Å². The van der Waals surface area contributed by atoms with Crippen LogP contribution in [0.3, 0.4) is 0 Å². The molecule has 0 aliphatic rings. The van der Waals surface area contributed by atoms with E-state index in [-0.39, 0.29) is 18.0 Å². The molecule has 0 saturated heterocycles. The summed E-state index contributed by atoms with van der Waals surface area (Å²) >= 11 is 5.88. The Kier molecular flexibility index (Phi) is 7.14. The van der Waals surface area contributed by atoms with Crippen molar-refractivity contribution in [2.24, 2.45) is 5.10 Å². The van der Waals surface area contributed by atoms with Crippen LogP contribution < -0.4 is 0 Å². The Hall–Kier alpha value is -4.62. The molecule has 0 spiro atoms. The maximum Gasteiger partial charge on any atom is 0.220 e. The summed E-state index contributed by atoms with van der Waals surface area (Å²) in [5, 5.41) is 19.7. The Morgan fingerprint density at radius 1 is 0.865 bits per heavy atom. The molecule has 0 bridgehead atoms. The standard InChI is InChI=1S/C30H24N4O2S/c35-27-19-11-10-18-25(27)21-31-34-29(24-16-8-3-9-17-24)32-33(30(34)37)26(22-12-4-1-5-13-22)20-28(36)23-14-6-2-7-15-23/h1-19,21,26,35H,20H2/b31-21+/t26-/m1/s1. The van der Waals surface area contributed by atoms with E-state index in [1.165, 1.54) is 0 Å². The molecule has 6 nitrogen and oxygen atoms in total. The summed E-state index contributed by atoms with van der Waals surface area (Å²) in [7, 11) is 0. The molecule has 0 radical (unpaired) electrons. The van der Waals surface area contributed by atoms with E-state index in [1.807, 2.05) is 97.1 Å². The van der Waals surface area contributed by atoms with Crippen molar-refractivity contribution in [2.75, 3.05) is 0 Å². The average molecular weight is 505 g/mol. The highest BCUT2D eigenvalue weighted by Crippen LogP contribution is 2.27. The van der Waals surface area contributed by atoms with E-state index in [2.05, 4.69) is 5.10 Å². The van der Waals surface area contributed by atoms with Gasteiger partial charge in [-0.3, -0.25) is 4.79 Å². The lowest BCUT2D eigenvalue weighted by Gasteiger charge is -2.17. The number of benzene rings is 4. The predicted molar refractivity (Wildman–Crippen MR) is 148 cm³/mol. The van der Waals surface area contributed by atoms with E-state index < -0.39 is 6.04 Å². The Labute approximate surface area is 219 Å². The van der Waals surface area contributed by atoms with Gasteiger partial charge in [0.15, 0.2) is 11.6 Å². The second kappa shape index (κ2) is 11.0. The molecule has 4 aromatic carbocycles. The first-order valence-electron chi connectivity index (χ1n) is 11.8. The molecule has 1 N–H and O–H groups in total. The van der Waals surface area contributed by atoms with Gasteiger partial charge in [0.25, 0.3) is 0 Å². The molecule has 0 unspecified atom stereocenters. The molecule has 1 aromatic heterocycles. The third-order valence-electron chi connectivity index (χ3n) is 6.02. The maximum absolute atomic E-state index is 13.3. The number of phenolic OH excluding ortho intramolecular Hbond substituents is 1. The van der Waals surface area contributed by atoms with Gasteiger partial charge < -0.3 is 5.11 Å². The van der Waals surface area contributed by atoms with Crippen LogP contribution in [0, 0.1) is 4.77 Å². The lowest BCUT2D eigenvalue weighted by molar-refractivity contribution is 0.0967. The van der Waals surface area contributed by atoms with Crippen molar-refractivity contribution in [3.8, 4) is 17.1 Å². The summed E-state index contributed by atoms with van der Waals surface area (Å²) in [5.74, 6) is 0.636. The first-order chi connectivity index (χ1) is 18.1. The summed E-state index contributed by atoms with van der Waals surface area (Å²) in [6.45, 7) is 0. The normalized spacial score (nSPS) is 12.0. The molecule has 37 heavy (non-hydrogen) atoms. The van der Waals surface area contributed by atoms with Gasteiger partial charge in [-0.1, -0.05) is 103 Å². The number of para-hydroxylation sites is 1. The van der Waals surface area contributed by atoms with E-state index in [0.29, 0.717) is 21.7 Å². The second-order valence-corrected chi connectivity index (χ2v) is 8.82. The van der Waals surface area contributed by atoms with E-state index in [0.717, 1.165) is 11.1 Å². The Morgan fingerprint density at radius 3 is 2.14 bits per heavy atom. The molecule has 1 heterocycles. The summed E-state index contributed by atoms with van der Waals surface area (Å²) in [6, 6.07) is 35.1. The zero-order valence-electron chi connectivity index (χ0n) is 19.9. The van der Waals surface area contributed by atoms with Crippen LogP contribution in [0.15, 0.2) is 120 Å². The second-order valence-electron chi connectivity index (χ2n) is 8.45. The minimum atomic E-state index is -0.439. The molecule has 0 amide bonds. The summed E-state index contributed by atoms with van der Waals surface area (Å²) in [4.78, 5) is 13.3. The highest BCUT2D eigenvalue weighted by atomic mass is 32.1. The Morgan fingerprint density at radius 2 is 1.46 bits per heavy atom. The third-order valence-corrected chi connectivity index (χ3v) is 6.38. The van der Waals surface area contributed by atoms with Crippen LogP contribution in [-0.4, -0.2) is 31.6 Å². The van der Waals surface area contributed by atoms with Gasteiger partial charge in [0.05, 0.1) is 12.3 Å². The fourth-order valence-corrected chi connectivity index (χ4v) is 4.41. The van der Waals surface area contributed by atoms with Crippen LogP contribution in [0.5, 0.6) is 5.75 Å². The molecule has 5 aromatic rings. The SMILES string of the molecule is O=C(C[C@H](c1ccccc1)n1nc(-c2ccccc2)n(/N=C/c2ccccc2O)c1=S)c1ccccc1. The van der Waals surface area contributed by atoms with E-state index >= 15 is 0 Å². The number of nitrogens with zero attached hydrogens (tertiary/aromatic N) is 4. The number of carbonyl (C=O) groups excluding carboxylic acids is 1. The van der Waals surface area contributed by atoms with Gasteiger partial charge in [0.1, 0.15) is 5.75 Å². The molecular weight excluding hydrogens is 480 g/mol. The molecule has 5 rings (SSSR count). The summed E-state index contributed by atoms with van der Waals surface area (Å²) in [5.41, 5.74) is 2.92. The van der Waals surface area contributed by atoms with Crippen LogP contribution in [0.4, 0.5) is 0 Å². The number of aromatic nitrogens is 3. The average Bonchev–Trinajstić information content (AvgIpc) is 3.28. The number of ketones is 1. The van der Waals surface area contributed by atoms with E-state index in [1.54, 1.807) is 33.8 Å². The van der Waals surface area contributed by atoms with Crippen LogP contribution in [0.2, 0.25) is 0 Å². The predicted octanol–water partition coefficient (Wildman–Crippen LogP) is 6.53. The monoisotopic (exact) mass is 504 g/mol. The Balaban J connectivity index is 1.64. The van der Waals surface area contributed by atoms with Crippen LogP contribution in [0.25, 0.3) is 11.4 Å². The van der Waals surface area contributed by atoms with Crippen molar-refractivity contribution in [2.45, 2.75) is 12.5 Å². The topological polar surface area (TPSA) is 72.4 Å². The molecule has 0 saturated carbocycles. The van der Waals surface area contributed by atoms with Crippen LogP contribution in [-0.2, 0) is 0 Å². The number of carbonyl (C=O) groups is 1. The van der Waals surface area contributed by atoms with Crippen molar-refractivity contribution < 1.29 is 9.90 Å². The van der Waals surface area contributed by atoms with E-state index in [9.17, 15) is 9.90 Å². The molecule has 7 heteroatoms. The van der Waals surface area contributed by atoms with Gasteiger partial charge in [-0.05, 0) is 29.9 Å². The zero-order chi connectivity index (χ0) is 25.6. The number of hydrogen-bond acceptors (Lipinski definition) is 5. The number of aromatic hydroxyl groups is 1. The van der Waals surface area contributed by atoms with Gasteiger partial charge >= 0.3 is 0 Å². The van der Waals surface area contributed by atoms with Crippen molar-refractivity contribution >= 4 is 24.2 Å².